The Bertz CT molecular complexity index is 841. The number of nitrogens with two attached hydrogens (primary N) is 1. The van der Waals surface area contributed by atoms with Gasteiger partial charge in [0.05, 0.1) is 16.8 Å². The average molecular weight is 403 g/mol. The third kappa shape index (κ3) is 4.65. The van der Waals surface area contributed by atoms with Gasteiger partial charge in [0.2, 0.25) is 5.95 Å². The Morgan fingerprint density at radius 3 is 2.39 bits per heavy atom. The standard InChI is InChI=1S/C17H18F5N5O/c1-3-27(15(28)11-4-5-12(18)13(19)14(11)23)9(2)6-24-16-25-7-10(8-26-16)17(20,21)22/h4-5,7-9H,3,6,23H2,1-2H3,(H,24,25,26). The number of nitrogens with zero attached hydrogens (tertiary/aromatic N) is 3. The smallest absolute Gasteiger partial charge is 0.396 e. The van der Waals surface area contributed by atoms with Crippen molar-refractivity contribution in [2.24, 2.45) is 0 Å². The summed E-state index contributed by atoms with van der Waals surface area (Å²) in [7, 11) is 0. The number of halogens is 5. The lowest BCUT2D eigenvalue weighted by molar-refractivity contribution is -0.138. The van der Waals surface area contributed by atoms with Crippen LogP contribution in [0.25, 0.3) is 0 Å². The van der Waals surface area contributed by atoms with Gasteiger partial charge in [0, 0.05) is 31.5 Å². The Morgan fingerprint density at radius 2 is 1.86 bits per heavy atom. The van der Waals surface area contributed by atoms with Crippen LogP contribution in [0, 0.1) is 11.6 Å². The highest BCUT2D eigenvalue weighted by Gasteiger charge is 2.31. The van der Waals surface area contributed by atoms with Gasteiger partial charge in [-0.3, -0.25) is 4.79 Å². The molecule has 0 aliphatic rings. The lowest BCUT2D eigenvalue weighted by atomic mass is 10.1. The van der Waals surface area contributed by atoms with Gasteiger partial charge < -0.3 is 16.0 Å². The van der Waals surface area contributed by atoms with Crippen molar-refractivity contribution in [2.75, 3.05) is 24.1 Å². The van der Waals surface area contributed by atoms with Crippen molar-refractivity contribution >= 4 is 17.5 Å². The average Bonchev–Trinajstić information content (AvgIpc) is 2.64. The zero-order valence-corrected chi connectivity index (χ0v) is 15.0. The molecule has 1 heterocycles. The number of amides is 1. The second-order valence-corrected chi connectivity index (χ2v) is 5.94. The molecule has 6 nitrogen and oxygen atoms in total. The fraction of sp³-hybridized carbons (Fsp3) is 0.353. The summed E-state index contributed by atoms with van der Waals surface area (Å²) in [6, 6.07) is 1.43. The van der Waals surface area contributed by atoms with Crippen LogP contribution < -0.4 is 11.1 Å². The number of nitrogens with one attached hydrogen (secondary N) is 1. The SMILES string of the molecule is CCN(C(=O)c1ccc(F)c(F)c1N)C(C)CNc1ncc(C(F)(F)F)cn1. The Labute approximate surface area is 157 Å². The van der Waals surface area contributed by atoms with E-state index in [1.807, 2.05) is 0 Å². The summed E-state index contributed by atoms with van der Waals surface area (Å²) in [5.74, 6) is -3.12. The second kappa shape index (κ2) is 8.36. The predicted octanol–water partition coefficient (Wildman–Crippen LogP) is 3.32. The summed E-state index contributed by atoms with van der Waals surface area (Å²) < 4.78 is 64.4. The summed E-state index contributed by atoms with van der Waals surface area (Å²) >= 11 is 0. The number of carbonyl (C=O) groups is 1. The third-order valence-corrected chi connectivity index (χ3v) is 4.03. The van der Waals surface area contributed by atoms with Gasteiger partial charge in [-0.1, -0.05) is 0 Å². The van der Waals surface area contributed by atoms with Crippen LogP contribution in [0.5, 0.6) is 0 Å². The largest absolute Gasteiger partial charge is 0.419 e. The quantitative estimate of drug-likeness (QED) is 0.571. The van der Waals surface area contributed by atoms with Gasteiger partial charge in [0.1, 0.15) is 0 Å². The van der Waals surface area contributed by atoms with Crippen molar-refractivity contribution in [3.05, 3.63) is 47.3 Å². The molecule has 1 aromatic heterocycles. The normalized spacial score (nSPS) is 12.5. The first-order valence-electron chi connectivity index (χ1n) is 8.23. The lowest BCUT2D eigenvalue weighted by Gasteiger charge is -2.29. The maximum Gasteiger partial charge on any atom is 0.419 e. The molecule has 3 N–H and O–H groups in total. The number of aromatic nitrogens is 2. The van der Waals surface area contributed by atoms with Crippen molar-refractivity contribution in [3.8, 4) is 0 Å². The highest BCUT2D eigenvalue weighted by molar-refractivity contribution is 5.99. The van der Waals surface area contributed by atoms with E-state index in [2.05, 4.69) is 15.3 Å². The zero-order chi connectivity index (χ0) is 21.1. The Kier molecular flexibility index (Phi) is 6.37. The van der Waals surface area contributed by atoms with E-state index in [4.69, 9.17) is 5.73 Å². The summed E-state index contributed by atoms with van der Waals surface area (Å²) in [6.07, 6.45) is -3.25. The van der Waals surface area contributed by atoms with Crippen LogP contribution in [0.4, 0.5) is 33.6 Å². The maximum absolute atomic E-state index is 13.6. The van der Waals surface area contributed by atoms with E-state index in [9.17, 15) is 26.7 Å². The van der Waals surface area contributed by atoms with Gasteiger partial charge in [-0.2, -0.15) is 13.2 Å². The number of carbonyl (C=O) groups excluding carboxylic acids is 1. The van der Waals surface area contributed by atoms with Crippen LogP contribution >= 0.6 is 0 Å². The van der Waals surface area contributed by atoms with Gasteiger partial charge in [-0.15, -0.1) is 0 Å². The molecule has 11 heteroatoms. The van der Waals surface area contributed by atoms with E-state index in [0.29, 0.717) is 12.4 Å². The number of likely N-dealkylation sites (N-methyl/N-ethyl adjacent to an activating group) is 1. The Morgan fingerprint density at radius 1 is 1.25 bits per heavy atom. The van der Waals surface area contributed by atoms with Crippen molar-refractivity contribution in [1.29, 1.82) is 0 Å². The maximum atomic E-state index is 13.6. The molecule has 28 heavy (non-hydrogen) atoms. The Balaban J connectivity index is 2.08. The Hall–Kier alpha value is -2.98. The van der Waals surface area contributed by atoms with E-state index in [0.717, 1.165) is 12.1 Å². The van der Waals surface area contributed by atoms with E-state index in [1.165, 1.54) is 4.90 Å². The molecule has 1 atom stereocenters. The molecule has 0 aliphatic carbocycles. The van der Waals surface area contributed by atoms with E-state index < -0.39 is 41.0 Å². The molecule has 1 unspecified atom stereocenters. The number of nitrogen functional groups attached to an aromatic ring is 1. The molecule has 0 aliphatic heterocycles. The number of hydrogen-bond acceptors (Lipinski definition) is 5. The second-order valence-electron chi connectivity index (χ2n) is 5.94. The molecule has 2 aromatic rings. The minimum absolute atomic E-state index is 0.0457. The topological polar surface area (TPSA) is 84.1 Å². The molecule has 0 radical (unpaired) electrons. The minimum Gasteiger partial charge on any atom is -0.396 e. The highest BCUT2D eigenvalue weighted by Crippen LogP contribution is 2.28. The summed E-state index contributed by atoms with van der Waals surface area (Å²) in [5.41, 5.74) is 3.75. The molecule has 1 amide bonds. The first-order chi connectivity index (χ1) is 13.1. The van der Waals surface area contributed by atoms with Gasteiger partial charge in [-0.05, 0) is 26.0 Å². The molecule has 0 spiro atoms. The van der Waals surface area contributed by atoms with E-state index in [-0.39, 0.29) is 24.6 Å². The first kappa shape index (κ1) is 21.3. The number of rotatable bonds is 6. The molecule has 0 saturated heterocycles. The summed E-state index contributed by atoms with van der Waals surface area (Å²) in [6.45, 7) is 3.68. The number of anilines is 2. The van der Waals surface area contributed by atoms with Gasteiger partial charge in [-0.25, -0.2) is 18.7 Å². The van der Waals surface area contributed by atoms with Crippen molar-refractivity contribution < 1.29 is 26.7 Å². The van der Waals surface area contributed by atoms with Crippen molar-refractivity contribution in [1.82, 2.24) is 14.9 Å². The summed E-state index contributed by atoms with van der Waals surface area (Å²) in [4.78, 5) is 21.2. The van der Waals surface area contributed by atoms with Gasteiger partial charge in [0.15, 0.2) is 11.6 Å². The van der Waals surface area contributed by atoms with Crippen molar-refractivity contribution in [2.45, 2.75) is 26.1 Å². The minimum atomic E-state index is -4.54. The zero-order valence-electron chi connectivity index (χ0n) is 15.0. The number of hydrogen-bond donors (Lipinski definition) is 2. The van der Waals surface area contributed by atoms with Crippen LogP contribution in [0.3, 0.4) is 0 Å². The molecular formula is C17H18F5N5O. The van der Waals surface area contributed by atoms with Crippen LogP contribution in [0.15, 0.2) is 24.5 Å². The molecule has 152 valence electrons. The lowest BCUT2D eigenvalue weighted by Crippen LogP contribution is -2.42. The van der Waals surface area contributed by atoms with Crippen LogP contribution in [-0.2, 0) is 6.18 Å². The van der Waals surface area contributed by atoms with Crippen LogP contribution in [-0.4, -0.2) is 39.9 Å². The van der Waals surface area contributed by atoms with E-state index >= 15 is 0 Å². The molecule has 0 fully saturated rings. The summed E-state index contributed by atoms with van der Waals surface area (Å²) in [5, 5.41) is 2.73. The fourth-order valence-corrected chi connectivity index (χ4v) is 2.48. The molecule has 1 aromatic carbocycles. The first-order valence-corrected chi connectivity index (χ1v) is 8.23. The highest BCUT2D eigenvalue weighted by atomic mass is 19.4. The van der Waals surface area contributed by atoms with E-state index in [1.54, 1.807) is 13.8 Å². The van der Waals surface area contributed by atoms with Gasteiger partial charge in [0.25, 0.3) is 5.91 Å². The third-order valence-electron chi connectivity index (χ3n) is 4.03. The monoisotopic (exact) mass is 403 g/mol. The number of benzene rings is 1. The fourth-order valence-electron chi connectivity index (χ4n) is 2.48. The van der Waals surface area contributed by atoms with Crippen LogP contribution in [0.1, 0.15) is 29.8 Å². The predicted molar refractivity (Wildman–Crippen MR) is 92.5 cm³/mol. The van der Waals surface area contributed by atoms with Crippen molar-refractivity contribution in [3.63, 3.8) is 0 Å². The van der Waals surface area contributed by atoms with Gasteiger partial charge >= 0.3 is 6.18 Å². The van der Waals surface area contributed by atoms with Crippen LogP contribution in [0.2, 0.25) is 0 Å². The molecular weight excluding hydrogens is 385 g/mol. The number of alkyl halides is 3. The molecule has 2 rings (SSSR count). The molecule has 0 saturated carbocycles. The molecule has 0 bridgehead atoms.